The van der Waals surface area contributed by atoms with Crippen LogP contribution in [0.25, 0.3) is 11.2 Å². The minimum atomic E-state index is -0.691. The number of hydrogen-bond donors (Lipinski definition) is 3. The van der Waals surface area contributed by atoms with Gasteiger partial charge in [-0.15, -0.1) is 18.3 Å². The van der Waals surface area contributed by atoms with E-state index in [1.165, 1.54) is 11.8 Å². The molecule has 2 bridgehead atoms. The number of ether oxygens (including phenoxy) is 1. The number of nitrogens with two attached hydrogens (primary N) is 1. The molecule has 4 N–H and O–H groups in total. The molecule has 2 aromatic rings. The van der Waals surface area contributed by atoms with Crippen LogP contribution in [-0.4, -0.2) is 110 Å². The van der Waals surface area contributed by atoms with Crippen molar-refractivity contribution in [3.8, 4) is 0 Å². The topological polar surface area (TPSA) is 169 Å². The summed E-state index contributed by atoms with van der Waals surface area (Å²) in [6, 6.07) is 0. The van der Waals surface area contributed by atoms with E-state index in [1.54, 1.807) is 6.33 Å². The van der Waals surface area contributed by atoms with Gasteiger partial charge in [-0.25, -0.2) is 4.98 Å². The van der Waals surface area contributed by atoms with Crippen molar-refractivity contribution in [2.45, 2.75) is 90.2 Å². The first kappa shape index (κ1) is 36.1. The molecule has 0 aromatic carbocycles. The van der Waals surface area contributed by atoms with E-state index >= 15 is 0 Å². The van der Waals surface area contributed by atoms with Crippen LogP contribution in [0.2, 0.25) is 0 Å². The van der Waals surface area contributed by atoms with E-state index in [1.807, 2.05) is 22.5 Å². The molecule has 5 fully saturated rings. The Kier molecular flexibility index (Phi) is 9.66. The number of aliphatic hydroxyl groups excluding tert-OH is 1. The number of nitrogen functional groups attached to an aromatic ring is 1. The number of carbonyl (C=O) groups is 3. The van der Waals surface area contributed by atoms with E-state index in [9.17, 15) is 19.5 Å². The number of imidazole rings is 1. The third kappa shape index (κ3) is 6.12. The SMILES string of the molecule is C=C[C@]1(C)C[C@@H](OC(=O)CSC2CN(C(=O)CCn3cnc4c(N5CCNCC5)nc(N)nc43)C2)[C@]2(C)[C@H](C)CC[C@]3(CCC(=O)[C@@H]32)[C@@H](C)[C@@H]1O. The normalized spacial score (nSPS) is 35.5. The summed E-state index contributed by atoms with van der Waals surface area (Å²) in [6.45, 7) is 17.5. The Labute approximate surface area is 304 Å². The third-order valence-electron chi connectivity index (χ3n) is 13.7. The fourth-order valence-electron chi connectivity index (χ4n) is 10.2. The molecule has 3 saturated carbocycles. The summed E-state index contributed by atoms with van der Waals surface area (Å²) in [6.07, 6.45) is 6.16. The van der Waals surface area contributed by atoms with Crippen molar-refractivity contribution in [2.24, 2.45) is 34.0 Å². The molecule has 0 unspecified atom stereocenters. The maximum Gasteiger partial charge on any atom is 0.316 e. The highest BCUT2D eigenvalue weighted by molar-refractivity contribution is 8.00. The fraction of sp³-hybridized carbons (Fsp3) is 0.730. The summed E-state index contributed by atoms with van der Waals surface area (Å²) < 4.78 is 8.26. The van der Waals surface area contributed by atoms with Crippen molar-refractivity contribution in [2.75, 3.05) is 55.7 Å². The first-order chi connectivity index (χ1) is 24.3. The number of carbonyl (C=O) groups excluding carboxylic acids is 3. The molecule has 8 atom stereocenters. The number of nitrogens with one attached hydrogen (secondary N) is 1. The Morgan fingerprint density at radius 3 is 2.67 bits per heavy atom. The van der Waals surface area contributed by atoms with Crippen LogP contribution >= 0.6 is 11.8 Å². The molecule has 1 amide bonds. The number of esters is 1. The zero-order chi connectivity index (χ0) is 36.3. The van der Waals surface area contributed by atoms with Crippen LogP contribution in [0, 0.1) is 34.0 Å². The van der Waals surface area contributed by atoms with Crippen molar-refractivity contribution in [1.29, 1.82) is 0 Å². The zero-order valence-electron chi connectivity index (χ0n) is 30.5. The second-order valence-electron chi connectivity index (χ2n) is 16.3. The van der Waals surface area contributed by atoms with Gasteiger partial charge in [-0.3, -0.25) is 14.4 Å². The highest BCUT2D eigenvalue weighted by atomic mass is 32.2. The predicted molar refractivity (Wildman–Crippen MR) is 197 cm³/mol. The van der Waals surface area contributed by atoms with Gasteiger partial charge in [0.2, 0.25) is 11.9 Å². The number of thioether (sulfide) groups is 1. The number of aromatic nitrogens is 4. The Morgan fingerprint density at radius 1 is 1.20 bits per heavy atom. The van der Waals surface area contributed by atoms with Gasteiger partial charge < -0.3 is 35.3 Å². The zero-order valence-corrected chi connectivity index (χ0v) is 31.3. The molecular weight excluding hydrogens is 669 g/mol. The molecule has 0 spiro atoms. The summed E-state index contributed by atoms with van der Waals surface area (Å²) in [7, 11) is 0. The lowest BCUT2D eigenvalue weighted by molar-refractivity contribution is -0.205. The number of ketones is 1. The van der Waals surface area contributed by atoms with E-state index in [0.29, 0.717) is 50.1 Å². The summed E-state index contributed by atoms with van der Waals surface area (Å²) in [4.78, 5) is 57.8. The van der Waals surface area contributed by atoms with Crippen LogP contribution in [0.3, 0.4) is 0 Å². The highest BCUT2D eigenvalue weighted by Gasteiger charge is 2.68. The van der Waals surface area contributed by atoms with Gasteiger partial charge in [-0.2, -0.15) is 9.97 Å². The van der Waals surface area contributed by atoms with Crippen LogP contribution in [0.1, 0.15) is 66.2 Å². The van der Waals surface area contributed by atoms with E-state index in [-0.39, 0.29) is 57.8 Å². The molecule has 13 nitrogen and oxygen atoms in total. The van der Waals surface area contributed by atoms with Gasteiger partial charge in [0, 0.05) is 80.7 Å². The van der Waals surface area contributed by atoms with E-state index in [0.717, 1.165) is 51.3 Å². The monoisotopic (exact) mass is 722 g/mol. The molecule has 4 heterocycles. The number of aliphatic hydroxyl groups is 1. The van der Waals surface area contributed by atoms with Gasteiger partial charge in [0.15, 0.2) is 17.0 Å². The van der Waals surface area contributed by atoms with Crippen LogP contribution in [0.5, 0.6) is 0 Å². The Morgan fingerprint density at radius 2 is 1.94 bits per heavy atom. The molecule has 2 saturated heterocycles. The van der Waals surface area contributed by atoms with Gasteiger partial charge in [0.05, 0.1) is 18.2 Å². The maximum atomic E-state index is 13.7. The van der Waals surface area contributed by atoms with Crippen LogP contribution in [-0.2, 0) is 25.7 Å². The minimum Gasteiger partial charge on any atom is -0.461 e. The number of likely N-dealkylation sites (tertiary alicyclic amines) is 1. The summed E-state index contributed by atoms with van der Waals surface area (Å²) in [5.41, 5.74) is 5.89. The quantitative estimate of drug-likeness (QED) is 0.256. The molecule has 0 radical (unpaired) electrons. The molecule has 2 aromatic heterocycles. The number of nitrogens with zero attached hydrogens (tertiary/aromatic N) is 6. The van der Waals surface area contributed by atoms with Crippen molar-refractivity contribution in [3.63, 3.8) is 0 Å². The van der Waals surface area contributed by atoms with Crippen molar-refractivity contribution < 1.29 is 24.2 Å². The van der Waals surface area contributed by atoms with Gasteiger partial charge in [-0.05, 0) is 42.9 Å². The van der Waals surface area contributed by atoms with Gasteiger partial charge >= 0.3 is 5.97 Å². The number of rotatable bonds is 9. The number of aryl methyl sites for hydroxylation is 1. The molecule has 51 heavy (non-hydrogen) atoms. The molecule has 2 aliphatic heterocycles. The van der Waals surface area contributed by atoms with Gasteiger partial charge in [-0.1, -0.05) is 33.8 Å². The lowest BCUT2D eigenvalue weighted by Crippen LogP contribution is -2.63. The third-order valence-corrected chi connectivity index (χ3v) is 14.8. The lowest BCUT2D eigenvalue weighted by Gasteiger charge is -2.61. The fourth-order valence-corrected chi connectivity index (χ4v) is 11.2. The van der Waals surface area contributed by atoms with Gasteiger partial charge in [0.25, 0.3) is 0 Å². The summed E-state index contributed by atoms with van der Waals surface area (Å²) in [5, 5.41) is 15.2. The standard InChI is InChI=1S/C37H54N8O5S/c1-6-35(4)17-26(36(5)22(2)7-10-37(23(3)31(35)49)11-8-25(46)30(36)37)50-28(48)20-51-24-18-45(19-24)27(47)9-14-44-21-40-29-32(41-34(38)42-33(29)44)43-15-12-39-13-16-43/h6,21-24,26,30-31,39,49H,1,7-20H2,2-5H3,(H2,38,41,42)/t22-,23+,26-,30-,31+,35-,36+,37+/m1/s1. The number of anilines is 2. The average Bonchev–Trinajstić information content (AvgIpc) is 3.68. The molecule has 3 aliphatic carbocycles. The largest absolute Gasteiger partial charge is 0.461 e. The highest BCUT2D eigenvalue weighted by Crippen LogP contribution is 2.68. The van der Waals surface area contributed by atoms with Crippen LogP contribution in [0.15, 0.2) is 19.0 Å². The summed E-state index contributed by atoms with van der Waals surface area (Å²) >= 11 is 1.51. The first-order valence-electron chi connectivity index (χ1n) is 18.7. The van der Waals surface area contributed by atoms with E-state index < -0.39 is 23.0 Å². The van der Waals surface area contributed by atoms with Gasteiger partial charge in [0.1, 0.15) is 11.9 Å². The van der Waals surface area contributed by atoms with Crippen molar-refractivity contribution in [1.82, 2.24) is 29.7 Å². The molecule has 5 aliphatic rings. The Balaban J connectivity index is 0.951. The Hall–Kier alpha value is -3.23. The van der Waals surface area contributed by atoms with E-state index in [4.69, 9.17) is 10.5 Å². The van der Waals surface area contributed by atoms with Crippen LogP contribution < -0.4 is 16.0 Å². The molecule has 14 heteroatoms. The number of fused-ring (bicyclic) bond motifs is 1. The van der Waals surface area contributed by atoms with Crippen molar-refractivity contribution in [3.05, 3.63) is 19.0 Å². The van der Waals surface area contributed by atoms with E-state index in [2.05, 4.69) is 52.5 Å². The summed E-state index contributed by atoms with van der Waals surface area (Å²) in [5.74, 6) is 0.922. The molecular formula is C37H54N8O5S. The Bertz CT molecular complexity index is 1690. The number of Topliss-reactive ketones (excluding diaryl/α,β-unsaturated/α-hetero) is 1. The average molecular weight is 723 g/mol. The lowest BCUT2D eigenvalue weighted by atomic mass is 9.44. The first-order valence-corrected chi connectivity index (χ1v) is 19.7. The maximum absolute atomic E-state index is 13.7. The minimum absolute atomic E-state index is 0.0376. The predicted octanol–water partition coefficient (Wildman–Crippen LogP) is 3.06. The second kappa shape index (κ2) is 13.6. The molecule has 7 rings (SSSR count). The number of hydrogen-bond acceptors (Lipinski definition) is 12. The second-order valence-corrected chi connectivity index (χ2v) is 17.6. The van der Waals surface area contributed by atoms with Crippen molar-refractivity contribution >= 4 is 52.4 Å². The molecule has 278 valence electrons. The van der Waals surface area contributed by atoms with Crippen LogP contribution in [0.4, 0.5) is 11.8 Å². The number of piperazine rings is 1. The smallest absolute Gasteiger partial charge is 0.316 e. The number of amides is 1.